The lowest BCUT2D eigenvalue weighted by atomic mass is 10.0. The van der Waals surface area contributed by atoms with Gasteiger partial charge >= 0.3 is 17.1 Å². The van der Waals surface area contributed by atoms with Gasteiger partial charge in [-0.2, -0.15) is 0 Å². The first kappa shape index (κ1) is 21.6. The first-order valence-electron chi connectivity index (χ1n) is 8.51. The minimum atomic E-state index is -2.34. The highest BCUT2D eigenvalue weighted by atomic mass is 28.5. The minimum absolute atomic E-state index is 0.262. The van der Waals surface area contributed by atoms with E-state index in [2.05, 4.69) is 82.0 Å². The highest BCUT2D eigenvalue weighted by molar-refractivity contribution is 6.86. The predicted octanol–water partition coefficient (Wildman–Crippen LogP) is 5.05. The topological polar surface area (TPSA) is 27.7 Å². The quantitative estimate of drug-likeness (QED) is 0.576. The van der Waals surface area contributed by atoms with Gasteiger partial charge in [-0.3, -0.25) is 0 Å². The first-order valence-corrected chi connectivity index (χ1v) is 18.2. The number of hydrogen-bond acceptors (Lipinski definition) is 3. The van der Waals surface area contributed by atoms with Crippen LogP contribution in [0.15, 0.2) is 30.3 Å². The summed E-state index contributed by atoms with van der Waals surface area (Å²) in [6.45, 7) is 17.3. The van der Waals surface area contributed by atoms with Crippen LogP contribution in [0.5, 0.6) is 0 Å². The van der Waals surface area contributed by atoms with Crippen molar-refractivity contribution in [2.75, 3.05) is 0 Å². The summed E-state index contributed by atoms with van der Waals surface area (Å²) in [5, 5.41) is 0. The molecule has 0 amide bonds. The first-order chi connectivity index (χ1) is 11.0. The minimum Gasteiger partial charge on any atom is -0.537 e. The third-order valence-corrected chi connectivity index (χ3v) is 15.2. The van der Waals surface area contributed by atoms with Crippen molar-refractivity contribution in [1.82, 2.24) is 0 Å². The summed E-state index contributed by atoms with van der Waals surface area (Å²) in [5.74, 6) is 0.404. The van der Waals surface area contributed by atoms with Gasteiger partial charge in [-0.15, -0.1) is 5.50 Å². The Balaban J connectivity index is 2.94. The highest BCUT2D eigenvalue weighted by Gasteiger charge is 2.43. The molecule has 7 heteroatoms. The molecule has 0 aliphatic carbocycles. The van der Waals surface area contributed by atoms with Crippen molar-refractivity contribution in [3.05, 3.63) is 35.9 Å². The fourth-order valence-corrected chi connectivity index (χ4v) is 17.4. The van der Waals surface area contributed by atoms with E-state index in [0.717, 1.165) is 6.04 Å². The van der Waals surface area contributed by atoms with Gasteiger partial charge in [0.25, 0.3) is 0 Å². The van der Waals surface area contributed by atoms with Crippen molar-refractivity contribution in [3.63, 3.8) is 0 Å². The summed E-state index contributed by atoms with van der Waals surface area (Å²) >= 11 is 0. The van der Waals surface area contributed by atoms with E-state index >= 15 is 0 Å². The van der Waals surface area contributed by atoms with E-state index in [4.69, 9.17) is 12.3 Å². The normalized spacial score (nSPS) is 15.8. The second kappa shape index (κ2) is 8.80. The van der Waals surface area contributed by atoms with E-state index in [1.807, 2.05) is 6.92 Å². The van der Waals surface area contributed by atoms with E-state index in [0.29, 0.717) is 5.92 Å². The molecule has 2 unspecified atom stereocenters. The highest BCUT2D eigenvalue weighted by Crippen LogP contribution is 2.30. The lowest BCUT2D eigenvalue weighted by Crippen LogP contribution is -2.54. The standard InChI is InChI=1S/C17H32O3Si4/c1-9-21-18-24(8,20-23(6,7)19-22(3,4)5)15-16(2)17-13-11-10-12-14-17/h10-14,16H,15H2,1-8H3. The van der Waals surface area contributed by atoms with Gasteiger partial charge in [-0.1, -0.05) is 37.3 Å². The molecule has 3 nitrogen and oxygen atoms in total. The van der Waals surface area contributed by atoms with Crippen LogP contribution in [-0.4, -0.2) is 34.6 Å². The molecular formula is C17H32O3Si4. The summed E-state index contributed by atoms with van der Waals surface area (Å²) in [5.41, 5.74) is 4.45. The molecule has 0 aliphatic heterocycles. The molecule has 134 valence electrons. The lowest BCUT2D eigenvalue weighted by Gasteiger charge is -2.38. The van der Waals surface area contributed by atoms with E-state index < -0.39 is 25.4 Å². The molecule has 1 rings (SSSR count). The Labute approximate surface area is 153 Å². The molecule has 0 aromatic heterocycles. The molecular weight excluding hydrogens is 365 g/mol. The maximum Gasteiger partial charge on any atom is 0.382 e. The van der Waals surface area contributed by atoms with Crippen LogP contribution in [0.1, 0.15) is 25.3 Å². The van der Waals surface area contributed by atoms with Gasteiger partial charge in [0.05, 0.1) is 0 Å². The van der Waals surface area contributed by atoms with Gasteiger partial charge in [0.15, 0.2) is 8.32 Å². The van der Waals surface area contributed by atoms with Gasteiger partial charge in [-0.05, 0) is 57.7 Å². The maximum absolute atomic E-state index is 6.63. The summed E-state index contributed by atoms with van der Waals surface area (Å²) in [6.07, 6.45) is 0. The third-order valence-electron chi connectivity index (χ3n) is 3.43. The summed E-state index contributed by atoms with van der Waals surface area (Å²) in [4.78, 5) is 0. The predicted molar refractivity (Wildman–Crippen MR) is 111 cm³/mol. The Kier molecular flexibility index (Phi) is 7.93. The van der Waals surface area contributed by atoms with Crippen LogP contribution in [0.2, 0.25) is 45.3 Å². The van der Waals surface area contributed by atoms with Crippen LogP contribution in [-0.2, 0) is 12.3 Å². The molecule has 0 heterocycles. The summed E-state index contributed by atoms with van der Waals surface area (Å²) in [6, 6.07) is 11.5. The largest absolute Gasteiger partial charge is 0.537 e. The Bertz CT molecular complexity index is 575. The lowest BCUT2D eigenvalue weighted by molar-refractivity contribution is 0.331. The number of hydrogen-bond donors (Lipinski definition) is 0. The van der Waals surface area contributed by atoms with E-state index in [1.54, 1.807) is 0 Å². The monoisotopic (exact) mass is 396 g/mol. The van der Waals surface area contributed by atoms with E-state index in [9.17, 15) is 0 Å². The molecule has 2 atom stereocenters. The van der Waals surface area contributed by atoms with Crippen molar-refractivity contribution in [3.8, 4) is 5.50 Å². The zero-order valence-corrected chi connectivity index (χ0v) is 20.4. The van der Waals surface area contributed by atoms with Crippen LogP contribution < -0.4 is 0 Å². The van der Waals surface area contributed by atoms with Gasteiger partial charge in [0, 0.05) is 6.04 Å². The van der Waals surface area contributed by atoms with Crippen LogP contribution in [0.3, 0.4) is 0 Å². The fourth-order valence-electron chi connectivity index (χ4n) is 3.00. The Morgan fingerprint density at radius 3 is 2.08 bits per heavy atom. The molecule has 0 aliphatic rings. The molecule has 0 fully saturated rings. The molecule has 0 spiro atoms. The SMILES string of the molecule is CC#[Si]O[Si](C)(CC(C)c1ccccc1)O[Si](C)(C)O[Si](C)(C)C. The zero-order chi connectivity index (χ0) is 18.4. The molecule has 0 bridgehead atoms. The van der Waals surface area contributed by atoms with Crippen LogP contribution in [0, 0.1) is 5.50 Å². The Hall–Kier alpha value is -0.412. The average Bonchev–Trinajstić information content (AvgIpc) is 2.42. The van der Waals surface area contributed by atoms with Crippen molar-refractivity contribution in [1.29, 1.82) is 0 Å². The van der Waals surface area contributed by atoms with Crippen LogP contribution in [0.25, 0.3) is 0 Å². The summed E-state index contributed by atoms with van der Waals surface area (Å²) in [7, 11) is -5.93. The third kappa shape index (κ3) is 8.11. The fraction of sp³-hybridized carbons (Fsp3) is 0.588. The Morgan fingerprint density at radius 2 is 1.58 bits per heavy atom. The summed E-state index contributed by atoms with van der Waals surface area (Å²) < 4.78 is 19.2. The van der Waals surface area contributed by atoms with Gasteiger partial charge in [0.1, 0.15) is 0 Å². The van der Waals surface area contributed by atoms with Crippen LogP contribution >= 0.6 is 0 Å². The average molecular weight is 397 g/mol. The van der Waals surface area contributed by atoms with Crippen molar-refractivity contribution < 1.29 is 12.3 Å². The molecule has 0 saturated heterocycles. The van der Waals surface area contributed by atoms with E-state index in [-0.39, 0.29) is 9.20 Å². The van der Waals surface area contributed by atoms with Gasteiger partial charge < -0.3 is 12.3 Å². The van der Waals surface area contributed by atoms with Crippen molar-refractivity contribution >= 4 is 34.6 Å². The molecule has 24 heavy (non-hydrogen) atoms. The molecule has 0 N–H and O–H groups in total. The van der Waals surface area contributed by atoms with Crippen molar-refractivity contribution in [2.45, 2.75) is 65.1 Å². The van der Waals surface area contributed by atoms with Crippen molar-refractivity contribution in [2.24, 2.45) is 0 Å². The maximum atomic E-state index is 6.63. The number of rotatable bonds is 8. The molecule has 0 saturated carbocycles. The zero-order valence-electron chi connectivity index (χ0n) is 16.4. The van der Waals surface area contributed by atoms with Crippen LogP contribution in [0.4, 0.5) is 0 Å². The molecule has 1 aromatic carbocycles. The number of benzene rings is 1. The second-order valence-corrected chi connectivity index (χ2v) is 20.7. The van der Waals surface area contributed by atoms with E-state index in [1.165, 1.54) is 5.56 Å². The Morgan fingerprint density at radius 1 is 1.00 bits per heavy atom. The second-order valence-electron chi connectivity index (χ2n) is 7.82. The van der Waals surface area contributed by atoms with Gasteiger partial charge in [-0.25, -0.2) is 0 Å². The van der Waals surface area contributed by atoms with Gasteiger partial charge in [0.2, 0.25) is 9.20 Å². The molecule has 1 aromatic rings. The smallest absolute Gasteiger partial charge is 0.382 e. The molecule has 0 radical (unpaired) electrons.